The number of hydrogen-bond acceptors (Lipinski definition) is 12. The molecule has 0 aromatic carbocycles. The summed E-state index contributed by atoms with van der Waals surface area (Å²) in [5.41, 5.74) is 0. The van der Waals surface area contributed by atoms with Crippen molar-refractivity contribution in [3.8, 4) is 0 Å². The Kier molecular flexibility index (Phi) is 31.4. The molecule has 0 aliphatic heterocycles. The normalized spacial score (nSPS) is 22.9. The van der Waals surface area contributed by atoms with Crippen molar-refractivity contribution < 1.29 is 63.1 Å². The van der Waals surface area contributed by atoms with Crippen LogP contribution in [0.4, 0.5) is 0 Å². The highest BCUT2D eigenvalue weighted by molar-refractivity contribution is 7.47. The summed E-state index contributed by atoms with van der Waals surface area (Å²) >= 11 is 0. The van der Waals surface area contributed by atoms with Gasteiger partial charge < -0.3 is 39.9 Å². The Morgan fingerprint density at radius 2 is 0.911 bits per heavy atom. The van der Waals surface area contributed by atoms with Crippen LogP contribution in [0.3, 0.4) is 0 Å². The van der Waals surface area contributed by atoms with E-state index in [-0.39, 0.29) is 12.8 Å². The van der Waals surface area contributed by atoms with Gasteiger partial charge in [0.1, 0.15) is 43.2 Å². The number of carbonyl (C=O) groups excluding carboxylic acids is 2. The summed E-state index contributed by atoms with van der Waals surface area (Å²) in [4.78, 5) is 35.5. The number of aliphatic hydroxyl groups is 5. The predicted molar refractivity (Wildman–Crippen MR) is 217 cm³/mol. The molecular weight excluding hydrogens is 743 g/mol. The zero-order chi connectivity index (χ0) is 41.4. The number of phosphoric acid groups is 1. The van der Waals surface area contributed by atoms with E-state index in [2.05, 4.69) is 26.0 Å². The van der Waals surface area contributed by atoms with Crippen molar-refractivity contribution in [2.45, 2.75) is 230 Å². The fourth-order valence-electron chi connectivity index (χ4n) is 6.75. The topological polar surface area (TPSA) is 210 Å². The molecule has 0 amide bonds. The molecule has 6 N–H and O–H groups in total. The molecule has 6 unspecified atom stereocenters. The maximum absolute atomic E-state index is 12.8. The van der Waals surface area contributed by atoms with Crippen molar-refractivity contribution in [3.05, 3.63) is 12.2 Å². The lowest BCUT2D eigenvalue weighted by Crippen LogP contribution is -2.64. The highest BCUT2D eigenvalue weighted by Crippen LogP contribution is 2.47. The van der Waals surface area contributed by atoms with Gasteiger partial charge in [0.25, 0.3) is 0 Å². The van der Waals surface area contributed by atoms with Gasteiger partial charge in [0, 0.05) is 12.8 Å². The third-order valence-electron chi connectivity index (χ3n) is 10.4. The van der Waals surface area contributed by atoms with E-state index in [0.717, 1.165) is 57.8 Å². The van der Waals surface area contributed by atoms with Crippen molar-refractivity contribution in [2.24, 2.45) is 0 Å². The molecule has 0 bridgehead atoms. The van der Waals surface area contributed by atoms with Gasteiger partial charge in [-0.25, -0.2) is 4.57 Å². The molecule has 56 heavy (non-hydrogen) atoms. The number of ether oxygens (including phenoxy) is 2. The summed E-state index contributed by atoms with van der Waals surface area (Å²) in [7, 11) is -5.11. The Morgan fingerprint density at radius 1 is 0.536 bits per heavy atom. The summed E-state index contributed by atoms with van der Waals surface area (Å²) in [6.45, 7) is 3.27. The lowest BCUT2D eigenvalue weighted by Gasteiger charge is -2.41. The van der Waals surface area contributed by atoms with Crippen LogP contribution >= 0.6 is 7.82 Å². The van der Waals surface area contributed by atoms with Gasteiger partial charge in [0.2, 0.25) is 0 Å². The van der Waals surface area contributed by atoms with Crippen molar-refractivity contribution in [1.82, 2.24) is 0 Å². The summed E-state index contributed by atoms with van der Waals surface area (Å²) in [6.07, 6.45) is 20.0. The monoisotopic (exact) mass is 823 g/mol. The van der Waals surface area contributed by atoms with E-state index in [1.165, 1.54) is 89.9 Å². The number of carbonyl (C=O) groups is 2. The molecule has 0 aromatic heterocycles. The highest BCUT2D eigenvalue weighted by Gasteiger charge is 2.51. The quantitative estimate of drug-likeness (QED) is 0.0154. The molecule has 0 aromatic rings. The zero-order valence-electron chi connectivity index (χ0n) is 34.7. The number of allylic oxidation sites excluding steroid dienone is 2. The van der Waals surface area contributed by atoms with Gasteiger partial charge in [0.05, 0.1) is 6.61 Å². The van der Waals surface area contributed by atoms with E-state index in [0.29, 0.717) is 12.8 Å². The van der Waals surface area contributed by atoms with E-state index < -0.39 is 75.7 Å². The van der Waals surface area contributed by atoms with Gasteiger partial charge in [0.15, 0.2) is 6.10 Å². The minimum atomic E-state index is -5.11. The van der Waals surface area contributed by atoms with E-state index in [1.807, 2.05) is 0 Å². The SMILES string of the molecule is CCCCCCCC/C=C/CCCCCCCCCC(=O)OC[C@@H](COP(=O)(O)OC1C(O)C(O)C(O)[C@H](O)C1O)OC(=O)CCCCCCCCCCCC. The molecule has 1 aliphatic rings. The summed E-state index contributed by atoms with van der Waals surface area (Å²) in [5, 5.41) is 50.0. The number of phosphoric ester groups is 1. The van der Waals surface area contributed by atoms with Crippen LogP contribution in [-0.2, 0) is 32.7 Å². The first kappa shape index (κ1) is 52.6. The van der Waals surface area contributed by atoms with Gasteiger partial charge in [-0.1, -0.05) is 148 Å². The number of esters is 2. The van der Waals surface area contributed by atoms with Crippen LogP contribution in [-0.4, -0.2) is 98.3 Å². The number of aliphatic hydroxyl groups excluding tert-OH is 5. The number of hydrogen-bond donors (Lipinski definition) is 6. The second-order valence-corrected chi connectivity index (χ2v) is 17.0. The molecule has 1 saturated carbocycles. The number of unbranched alkanes of at least 4 members (excludes halogenated alkanes) is 22. The molecule has 1 fully saturated rings. The highest BCUT2D eigenvalue weighted by atomic mass is 31.2. The van der Waals surface area contributed by atoms with Crippen LogP contribution in [0.15, 0.2) is 12.2 Å². The molecule has 14 heteroatoms. The minimum Gasteiger partial charge on any atom is -0.462 e. The van der Waals surface area contributed by atoms with E-state index >= 15 is 0 Å². The van der Waals surface area contributed by atoms with Crippen molar-refractivity contribution >= 4 is 19.8 Å². The first-order valence-corrected chi connectivity index (χ1v) is 23.5. The second kappa shape index (κ2) is 33.4. The summed E-state index contributed by atoms with van der Waals surface area (Å²) in [5.74, 6) is -1.10. The first-order chi connectivity index (χ1) is 26.9. The van der Waals surface area contributed by atoms with Crippen LogP contribution in [0, 0.1) is 0 Å². The van der Waals surface area contributed by atoms with Crippen molar-refractivity contribution in [2.75, 3.05) is 13.2 Å². The van der Waals surface area contributed by atoms with E-state index in [1.54, 1.807) is 0 Å². The maximum Gasteiger partial charge on any atom is 0.472 e. The Balaban J connectivity index is 2.45. The third-order valence-corrected chi connectivity index (χ3v) is 11.3. The molecule has 0 heterocycles. The Hall–Kier alpha value is -1.41. The molecule has 330 valence electrons. The molecule has 0 spiro atoms. The summed E-state index contributed by atoms with van der Waals surface area (Å²) < 4.78 is 33.4. The van der Waals surface area contributed by atoms with Gasteiger partial charge in [-0.3, -0.25) is 18.6 Å². The minimum absolute atomic E-state index is 0.0999. The zero-order valence-corrected chi connectivity index (χ0v) is 35.6. The Morgan fingerprint density at radius 3 is 1.36 bits per heavy atom. The Bertz CT molecular complexity index is 1040. The van der Waals surface area contributed by atoms with E-state index in [9.17, 15) is 44.6 Å². The molecule has 0 radical (unpaired) electrons. The standard InChI is InChI=1S/C42H79O13P/c1-3-5-7-9-11-13-15-16-17-18-19-20-21-23-24-26-28-30-35(43)52-32-34(54-36(44)31-29-27-25-22-14-12-10-8-6-4-2)33-53-56(50,51)55-42-40(48)38(46)37(45)39(47)41(42)49/h16-17,34,37-42,45-49H,3-15,18-33H2,1-2H3,(H,50,51)/b17-16+/t34-,37?,38-,39?,40?,41?,42?/m0/s1. The lowest BCUT2D eigenvalue weighted by molar-refractivity contribution is -0.220. The largest absolute Gasteiger partial charge is 0.472 e. The molecule has 13 nitrogen and oxygen atoms in total. The number of rotatable bonds is 36. The maximum atomic E-state index is 12.8. The van der Waals surface area contributed by atoms with Crippen molar-refractivity contribution in [1.29, 1.82) is 0 Å². The van der Waals surface area contributed by atoms with E-state index in [4.69, 9.17) is 18.5 Å². The van der Waals surface area contributed by atoms with Crippen molar-refractivity contribution in [3.63, 3.8) is 0 Å². The smallest absolute Gasteiger partial charge is 0.462 e. The summed E-state index contributed by atoms with van der Waals surface area (Å²) in [6, 6.07) is 0. The van der Waals surface area contributed by atoms with Crippen LogP contribution < -0.4 is 0 Å². The van der Waals surface area contributed by atoms with Crippen LogP contribution in [0.1, 0.15) is 187 Å². The predicted octanol–water partition coefficient (Wildman–Crippen LogP) is 7.89. The fraction of sp³-hybridized carbons (Fsp3) is 0.905. The average Bonchev–Trinajstić information content (AvgIpc) is 3.18. The van der Waals surface area contributed by atoms with Gasteiger partial charge in [-0.15, -0.1) is 0 Å². The molecule has 1 rings (SSSR count). The van der Waals surface area contributed by atoms with Crippen LogP contribution in [0.2, 0.25) is 0 Å². The molecule has 1 aliphatic carbocycles. The molecule has 8 atom stereocenters. The third kappa shape index (κ3) is 25.8. The molecular formula is C42H79O13P. The van der Waals surface area contributed by atoms with Gasteiger partial charge in [-0.05, 0) is 38.5 Å². The van der Waals surface area contributed by atoms with Gasteiger partial charge >= 0.3 is 19.8 Å². The average molecular weight is 823 g/mol. The fourth-order valence-corrected chi connectivity index (χ4v) is 7.73. The molecule has 0 saturated heterocycles. The van der Waals surface area contributed by atoms with Crippen LogP contribution in [0.5, 0.6) is 0 Å². The lowest BCUT2D eigenvalue weighted by atomic mass is 9.85. The Labute approximate surface area is 337 Å². The second-order valence-electron chi connectivity index (χ2n) is 15.6. The van der Waals surface area contributed by atoms with Gasteiger partial charge in [-0.2, -0.15) is 0 Å². The van der Waals surface area contributed by atoms with Crippen LogP contribution in [0.25, 0.3) is 0 Å². The first-order valence-electron chi connectivity index (χ1n) is 22.0.